The minimum absolute atomic E-state index is 0.147. The fourth-order valence-corrected chi connectivity index (χ4v) is 5.77. The van der Waals surface area contributed by atoms with Crippen molar-refractivity contribution in [3.8, 4) is 0 Å². The van der Waals surface area contributed by atoms with Crippen LogP contribution in [-0.2, 0) is 14.8 Å². The quantitative estimate of drug-likeness (QED) is 0.636. The van der Waals surface area contributed by atoms with E-state index < -0.39 is 15.9 Å². The van der Waals surface area contributed by atoms with E-state index in [-0.39, 0.29) is 22.2 Å². The molecule has 9 nitrogen and oxygen atoms in total. The van der Waals surface area contributed by atoms with Crippen LogP contribution in [0.3, 0.4) is 0 Å². The molecule has 2 aromatic rings. The number of hydrogen-bond donors (Lipinski definition) is 1. The number of carbonyl (C=O) groups excluding carboxylic acids is 1. The monoisotopic (exact) mass is 487 g/mol. The molecule has 34 heavy (non-hydrogen) atoms. The summed E-state index contributed by atoms with van der Waals surface area (Å²) >= 11 is 0. The second kappa shape index (κ2) is 9.50. The second-order valence-corrected chi connectivity index (χ2v) is 11.2. The number of carbonyl (C=O) groups is 1. The van der Waals surface area contributed by atoms with Gasteiger partial charge in [0.15, 0.2) is 5.03 Å². The first-order valence-electron chi connectivity index (χ1n) is 11.7. The van der Waals surface area contributed by atoms with Crippen LogP contribution in [0.25, 0.3) is 0 Å². The largest absolute Gasteiger partial charge is 0.383 e. The van der Waals surface area contributed by atoms with E-state index in [0.717, 1.165) is 32.4 Å². The normalized spacial score (nSPS) is 22.2. The van der Waals surface area contributed by atoms with E-state index in [9.17, 15) is 13.2 Å². The molecule has 2 aliphatic rings. The Morgan fingerprint density at radius 2 is 2.00 bits per heavy atom. The van der Waals surface area contributed by atoms with Gasteiger partial charge in [-0.05, 0) is 63.3 Å². The second-order valence-electron chi connectivity index (χ2n) is 9.58. The lowest BCUT2D eigenvalue weighted by atomic mass is 9.90. The highest BCUT2D eigenvalue weighted by Crippen LogP contribution is 2.38. The smallest absolute Gasteiger partial charge is 0.281 e. The minimum Gasteiger partial charge on any atom is -0.383 e. The molecule has 2 aliphatic heterocycles. The molecule has 2 atom stereocenters. The third-order valence-corrected chi connectivity index (χ3v) is 8.45. The van der Waals surface area contributed by atoms with Crippen LogP contribution in [0.5, 0.6) is 0 Å². The SMILES string of the molecule is COC[C@@H]1CCCN1c1cccc(S(=O)(=O)NC(=O)c2cccnc2N2CCC(C)C2(C)C)n1. The van der Waals surface area contributed by atoms with Gasteiger partial charge in [-0.25, -0.2) is 14.7 Å². The molecule has 2 saturated heterocycles. The zero-order valence-corrected chi connectivity index (χ0v) is 21.0. The van der Waals surface area contributed by atoms with Crippen LogP contribution < -0.4 is 14.5 Å². The summed E-state index contributed by atoms with van der Waals surface area (Å²) in [6.07, 6.45) is 4.54. The molecule has 0 saturated carbocycles. The molecule has 1 unspecified atom stereocenters. The average molecular weight is 488 g/mol. The Kier molecular flexibility index (Phi) is 6.82. The first-order valence-corrected chi connectivity index (χ1v) is 13.2. The summed E-state index contributed by atoms with van der Waals surface area (Å²) in [4.78, 5) is 26.1. The Labute approximate surface area is 201 Å². The molecule has 2 aromatic heterocycles. The molecular formula is C24H33N5O4S. The van der Waals surface area contributed by atoms with Gasteiger partial charge < -0.3 is 14.5 Å². The number of amides is 1. The number of aromatic nitrogens is 2. The highest BCUT2D eigenvalue weighted by atomic mass is 32.2. The third kappa shape index (κ3) is 4.61. The predicted molar refractivity (Wildman–Crippen MR) is 131 cm³/mol. The van der Waals surface area contributed by atoms with Crippen molar-refractivity contribution in [3.63, 3.8) is 0 Å². The highest BCUT2D eigenvalue weighted by molar-refractivity contribution is 7.90. The number of hydrogen-bond acceptors (Lipinski definition) is 8. The maximum atomic E-state index is 13.2. The molecule has 4 heterocycles. The van der Waals surface area contributed by atoms with E-state index in [2.05, 4.69) is 45.3 Å². The zero-order valence-electron chi connectivity index (χ0n) is 20.2. The van der Waals surface area contributed by atoms with Crippen molar-refractivity contribution in [3.05, 3.63) is 42.1 Å². The Hall–Kier alpha value is -2.72. The molecule has 0 spiro atoms. The van der Waals surface area contributed by atoms with Crippen molar-refractivity contribution < 1.29 is 17.9 Å². The number of pyridine rings is 2. The van der Waals surface area contributed by atoms with Crippen molar-refractivity contribution in [2.45, 2.75) is 56.6 Å². The maximum Gasteiger partial charge on any atom is 0.281 e. The van der Waals surface area contributed by atoms with Crippen molar-refractivity contribution in [2.75, 3.05) is 36.6 Å². The van der Waals surface area contributed by atoms with E-state index in [4.69, 9.17) is 4.74 Å². The zero-order chi connectivity index (χ0) is 24.5. The molecule has 2 fully saturated rings. The number of anilines is 2. The van der Waals surface area contributed by atoms with E-state index in [1.54, 1.807) is 37.6 Å². The van der Waals surface area contributed by atoms with Gasteiger partial charge >= 0.3 is 0 Å². The summed E-state index contributed by atoms with van der Waals surface area (Å²) in [5, 5.41) is -0.193. The minimum atomic E-state index is -4.18. The lowest BCUT2D eigenvalue weighted by Gasteiger charge is -2.36. The summed E-state index contributed by atoms with van der Waals surface area (Å²) in [5.74, 6) is 0.744. The van der Waals surface area contributed by atoms with Crippen molar-refractivity contribution in [2.24, 2.45) is 5.92 Å². The fourth-order valence-electron chi connectivity index (χ4n) is 4.84. The Morgan fingerprint density at radius 1 is 1.21 bits per heavy atom. The topological polar surface area (TPSA) is 105 Å². The summed E-state index contributed by atoms with van der Waals surface area (Å²) in [6, 6.07) is 8.22. The van der Waals surface area contributed by atoms with Gasteiger partial charge in [-0.15, -0.1) is 0 Å². The van der Waals surface area contributed by atoms with Gasteiger partial charge in [-0.2, -0.15) is 8.42 Å². The molecule has 0 aliphatic carbocycles. The van der Waals surface area contributed by atoms with Crippen LogP contribution in [0.4, 0.5) is 11.6 Å². The van der Waals surface area contributed by atoms with Gasteiger partial charge in [0.2, 0.25) is 0 Å². The Bertz CT molecular complexity index is 1150. The molecule has 1 N–H and O–H groups in total. The van der Waals surface area contributed by atoms with Gasteiger partial charge in [-0.1, -0.05) is 13.0 Å². The highest BCUT2D eigenvalue weighted by Gasteiger charge is 2.40. The summed E-state index contributed by atoms with van der Waals surface area (Å²) < 4.78 is 33.8. The van der Waals surface area contributed by atoms with Crippen molar-refractivity contribution in [1.82, 2.24) is 14.7 Å². The van der Waals surface area contributed by atoms with Gasteiger partial charge in [-0.3, -0.25) is 4.79 Å². The molecule has 10 heteroatoms. The number of ether oxygens (including phenoxy) is 1. The molecule has 184 valence electrons. The number of rotatable bonds is 7. The van der Waals surface area contributed by atoms with Crippen LogP contribution in [0, 0.1) is 5.92 Å². The van der Waals surface area contributed by atoms with Gasteiger partial charge in [0.25, 0.3) is 15.9 Å². The first kappa shape index (κ1) is 24.4. The third-order valence-electron chi connectivity index (χ3n) is 7.22. The van der Waals surface area contributed by atoms with E-state index >= 15 is 0 Å². The van der Waals surface area contributed by atoms with Crippen LogP contribution >= 0.6 is 0 Å². The molecule has 1 amide bonds. The molecule has 4 rings (SSSR count). The maximum absolute atomic E-state index is 13.2. The average Bonchev–Trinajstić information content (AvgIpc) is 3.37. The van der Waals surface area contributed by atoms with Crippen LogP contribution in [-0.4, -0.2) is 62.7 Å². The van der Waals surface area contributed by atoms with E-state index in [1.165, 1.54) is 6.07 Å². The standard InChI is InChI=1S/C24H33N5O4S/c1-17-12-15-29(24(17,2)3)22-19(9-6-13-25-22)23(30)27-34(31,32)21-11-5-10-20(26-21)28-14-7-8-18(28)16-33-4/h5-6,9-11,13,17-18H,7-8,12,14-16H2,1-4H3,(H,27,30)/t17?,18-/m0/s1. The Balaban J connectivity index is 1.58. The number of methoxy groups -OCH3 is 1. The van der Waals surface area contributed by atoms with Crippen molar-refractivity contribution >= 4 is 27.6 Å². The summed E-state index contributed by atoms with van der Waals surface area (Å²) in [6.45, 7) is 8.47. The summed E-state index contributed by atoms with van der Waals surface area (Å²) in [5.41, 5.74) is 0.0243. The fraction of sp³-hybridized carbons (Fsp3) is 0.542. The molecule has 0 bridgehead atoms. The van der Waals surface area contributed by atoms with Crippen molar-refractivity contribution in [1.29, 1.82) is 0 Å². The van der Waals surface area contributed by atoms with Crippen LogP contribution in [0.15, 0.2) is 41.6 Å². The molecular weight excluding hydrogens is 454 g/mol. The van der Waals surface area contributed by atoms with Gasteiger partial charge in [0.05, 0.1) is 18.2 Å². The van der Waals surface area contributed by atoms with E-state index in [1.807, 2.05) is 0 Å². The van der Waals surface area contributed by atoms with Gasteiger partial charge in [0.1, 0.15) is 11.6 Å². The Morgan fingerprint density at radius 3 is 2.71 bits per heavy atom. The first-order chi connectivity index (χ1) is 16.1. The number of nitrogens with zero attached hydrogens (tertiary/aromatic N) is 4. The predicted octanol–water partition coefficient (Wildman–Crippen LogP) is 2.84. The van der Waals surface area contributed by atoms with Crippen LogP contribution in [0.2, 0.25) is 0 Å². The molecule has 0 radical (unpaired) electrons. The summed E-state index contributed by atoms with van der Waals surface area (Å²) in [7, 11) is -2.53. The number of nitrogens with one attached hydrogen (secondary N) is 1. The van der Waals surface area contributed by atoms with Crippen LogP contribution in [0.1, 0.15) is 50.4 Å². The molecule has 0 aromatic carbocycles. The lowest BCUT2D eigenvalue weighted by Crippen LogP contribution is -2.43. The lowest BCUT2D eigenvalue weighted by molar-refractivity contribution is 0.0981. The van der Waals surface area contributed by atoms with E-state index in [0.29, 0.717) is 24.2 Å². The van der Waals surface area contributed by atoms with Gasteiger partial charge in [0, 0.05) is 31.9 Å². The number of sulfonamides is 1.